The van der Waals surface area contributed by atoms with Gasteiger partial charge in [-0.25, -0.2) is 9.97 Å². The molecule has 0 radical (unpaired) electrons. The molecule has 4 heteroatoms. The molecule has 3 heterocycles. The largest absolute Gasteiger partial charge is 0.310 e. The first kappa shape index (κ1) is 36.3. The van der Waals surface area contributed by atoms with Crippen LogP contribution in [0.2, 0.25) is 0 Å². The van der Waals surface area contributed by atoms with Crippen LogP contribution in [-0.4, -0.2) is 14.5 Å². The predicted octanol–water partition coefficient (Wildman–Crippen LogP) is 15.1. The highest BCUT2D eigenvalue weighted by Crippen LogP contribution is 2.52. The van der Waals surface area contributed by atoms with Crippen molar-refractivity contribution in [3.8, 4) is 39.5 Å². The summed E-state index contributed by atoms with van der Waals surface area (Å²) >= 11 is 0. The molecule has 11 rings (SSSR count). The Balaban J connectivity index is 1.05. The van der Waals surface area contributed by atoms with Gasteiger partial charge in [0.15, 0.2) is 0 Å². The van der Waals surface area contributed by atoms with E-state index in [0.29, 0.717) is 5.95 Å². The smallest absolute Gasteiger partial charge is 0.235 e. The second-order valence-corrected chi connectivity index (χ2v) is 16.3. The van der Waals surface area contributed by atoms with Crippen molar-refractivity contribution in [1.82, 2.24) is 14.5 Å². The third kappa shape index (κ3) is 5.75. The van der Waals surface area contributed by atoms with Gasteiger partial charge in [0.1, 0.15) is 0 Å². The zero-order valence-electron chi connectivity index (χ0n) is 34.2. The van der Waals surface area contributed by atoms with E-state index in [-0.39, 0.29) is 5.41 Å². The maximum absolute atomic E-state index is 5.30. The highest BCUT2D eigenvalue weighted by atomic mass is 15.2. The van der Waals surface area contributed by atoms with Crippen LogP contribution in [0.3, 0.4) is 0 Å². The van der Waals surface area contributed by atoms with Crippen molar-refractivity contribution < 1.29 is 0 Å². The summed E-state index contributed by atoms with van der Waals surface area (Å²) in [4.78, 5) is 12.9. The summed E-state index contributed by atoms with van der Waals surface area (Å²) in [5, 5.41) is 4.70. The maximum Gasteiger partial charge on any atom is 0.235 e. The quantitative estimate of drug-likeness (QED) is 0.161. The molecule has 8 aromatic carbocycles. The molecule has 0 aliphatic carbocycles. The fourth-order valence-electron chi connectivity index (χ4n) is 9.54. The van der Waals surface area contributed by atoms with E-state index in [4.69, 9.17) is 9.97 Å². The molecule has 0 bridgehead atoms. The zero-order chi connectivity index (χ0) is 41.2. The standard InChI is InChI=1S/C57H42N4/c1-5-44-49(6-2)58-56(59-55(44)40-18-9-7-10-19-40)61-51-34-31-39-17-13-14-22-45(39)54(51)46-32-29-41(35-52(46)61)37-25-27-38(28-26-37)42-30-33-48-53(36-42)60(43-20-11-8-12-21-43)50-24-16-15-23-47(50)57(48,3)4/h5-36H,1-2H2,3-4H3. The number of anilines is 3. The SMILES string of the molecule is C=Cc1nc(-n2c3cc(-c4ccc(-c5ccc6c(c5)N(c5ccccc5)c5ccccc5C6(C)C)cc4)ccc3c3c4ccccc4ccc32)nc(-c2ccccc2)c1C=C. The molecule has 0 saturated heterocycles. The Morgan fingerprint density at radius 2 is 1.13 bits per heavy atom. The van der Waals surface area contributed by atoms with Gasteiger partial charge in [0.2, 0.25) is 5.95 Å². The summed E-state index contributed by atoms with van der Waals surface area (Å²) in [6, 6.07) is 65.5. The number of hydrogen-bond acceptors (Lipinski definition) is 3. The minimum absolute atomic E-state index is 0.151. The van der Waals surface area contributed by atoms with Gasteiger partial charge in [-0.1, -0.05) is 179 Å². The molecule has 10 aromatic rings. The molecular weight excluding hydrogens is 741 g/mol. The molecule has 0 unspecified atom stereocenters. The molecular formula is C57H42N4. The van der Waals surface area contributed by atoms with Gasteiger partial charge in [-0.15, -0.1) is 0 Å². The van der Waals surface area contributed by atoms with Crippen molar-refractivity contribution in [2.45, 2.75) is 19.3 Å². The lowest BCUT2D eigenvalue weighted by molar-refractivity contribution is 0.632. The van der Waals surface area contributed by atoms with E-state index in [1.807, 2.05) is 24.3 Å². The Bertz CT molecular complexity index is 3360. The zero-order valence-corrected chi connectivity index (χ0v) is 34.2. The van der Waals surface area contributed by atoms with Crippen molar-refractivity contribution in [3.63, 3.8) is 0 Å². The van der Waals surface area contributed by atoms with E-state index in [1.165, 1.54) is 49.8 Å². The Kier molecular flexibility index (Phi) is 8.43. The van der Waals surface area contributed by atoms with Crippen molar-refractivity contribution in [3.05, 3.63) is 218 Å². The van der Waals surface area contributed by atoms with Gasteiger partial charge in [-0.3, -0.25) is 4.57 Å². The van der Waals surface area contributed by atoms with Crippen LogP contribution in [-0.2, 0) is 5.41 Å². The lowest BCUT2D eigenvalue weighted by Gasteiger charge is -2.42. The molecule has 4 nitrogen and oxygen atoms in total. The Hall–Kier alpha value is -7.82. The van der Waals surface area contributed by atoms with Gasteiger partial charge in [0, 0.05) is 33.0 Å². The number of fused-ring (bicyclic) bond motifs is 7. The molecule has 0 amide bonds. The second kappa shape index (κ2) is 14.2. The lowest BCUT2D eigenvalue weighted by Crippen LogP contribution is -2.30. The van der Waals surface area contributed by atoms with Crippen LogP contribution < -0.4 is 4.90 Å². The normalized spacial score (nSPS) is 13.0. The maximum atomic E-state index is 5.30. The van der Waals surface area contributed by atoms with Gasteiger partial charge >= 0.3 is 0 Å². The average molecular weight is 783 g/mol. The Labute approximate surface area is 356 Å². The van der Waals surface area contributed by atoms with Crippen molar-refractivity contribution >= 4 is 61.8 Å². The first-order chi connectivity index (χ1) is 29.9. The van der Waals surface area contributed by atoms with Crippen LogP contribution in [0.4, 0.5) is 17.1 Å². The van der Waals surface area contributed by atoms with E-state index in [2.05, 4.69) is 200 Å². The van der Waals surface area contributed by atoms with Crippen LogP contribution in [0.1, 0.15) is 36.2 Å². The molecule has 290 valence electrons. The molecule has 0 N–H and O–H groups in total. The summed E-state index contributed by atoms with van der Waals surface area (Å²) in [6.45, 7) is 13.0. The Morgan fingerprint density at radius 3 is 1.89 bits per heavy atom. The minimum atomic E-state index is -0.151. The fraction of sp³-hybridized carbons (Fsp3) is 0.0526. The van der Waals surface area contributed by atoms with Crippen LogP contribution in [0.15, 0.2) is 195 Å². The monoisotopic (exact) mass is 782 g/mol. The van der Waals surface area contributed by atoms with Crippen molar-refractivity contribution in [2.75, 3.05) is 4.90 Å². The molecule has 0 fully saturated rings. The van der Waals surface area contributed by atoms with Crippen molar-refractivity contribution in [2.24, 2.45) is 0 Å². The molecule has 1 aliphatic rings. The first-order valence-corrected chi connectivity index (χ1v) is 20.8. The number of nitrogens with zero attached hydrogens (tertiary/aromatic N) is 4. The molecule has 0 atom stereocenters. The van der Waals surface area contributed by atoms with Gasteiger partial charge in [0.05, 0.1) is 33.8 Å². The fourth-order valence-corrected chi connectivity index (χ4v) is 9.54. The van der Waals surface area contributed by atoms with Crippen LogP contribution in [0, 0.1) is 0 Å². The van der Waals surface area contributed by atoms with Crippen LogP contribution >= 0.6 is 0 Å². The van der Waals surface area contributed by atoms with E-state index in [1.54, 1.807) is 6.08 Å². The number of benzene rings is 8. The topological polar surface area (TPSA) is 34.0 Å². The van der Waals surface area contributed by atoms with Crippen LogP contribution in [0.5, 0.6) is 0 Å². The highest BCUT2D eigenvalue weighted by Gasteiger charge is 2.37. The summed E-state index contributed by atoms with van der Waals surface area (Å²) < 4.78 is 2.21. The average Bonchev–Trinajstić information content (AvgIpc) is 3.66. The first-order valence-electron chi connectivity index (χ1n) is 20.8. The summed E-state index contributed by atoms with van der Waals surface area (Å²) in [5.74, 6) is 0.588. The third-order valence-electron chi connectivity index (χ3n) is 12.6. The van der Waals surface area contributed by atoms with E-state index < -0.39 is 0 Å². The van der Waals surface area contributed by atoms with E-state index in [0.717, 1.165) is 55.7 Å². The second-order valence-electron chi connectivity index (χ2n) is 16.3. The van der Waals surface area contributed by atoms with E-state index in [9.17, 15) is 0 Å². The lowest BCUT2D eigenvalue weighted by atomic mass is 9.73. The molecule has 1 aliphatic heterocycles. The predicted molar refractivity (Wildman–Crippen MR) is 257 cm³/mol. The molecule has 2 aromatic heterocycles. The van der Waals surface area contributed by atoms with Gasteiger partial charge < -0.3 is 4.90 Å². The summed E-state index contributed by atoms with van der Waals surface area (Å²) in [7, 11) is 0. The summed E-state index contributed by atoms with van der Waals surface area (Å²) in [6.07, 6.45) is 3.62. The molecule has 0 spiro atoms. The summed E-state index contributed by atoms with van der Waals surface area (Å²) in [5.41, 5.74) is 16.1. The van der Waals surface area contributed by atoms with Gasteiger partial charge in [0.25, 0.3) is 0 Å². The third-order valence-corrected chi connectivity index (χ3v) is 12.6. The number of rotatable bonds is 7. The minimum Gasteiger partial charge on any atom is -0.310 e. The molecule has 0 saturated carbocycles. The highest BCUT2D eigenvalue weighted by molar-refractivity contribution is 6.21. The van der Waals surface area contributed by atoms with E-state index >= 15 is 0 Å². The number of hydrogen-bond donors (Lipinski definition) is 0. The Morgan fingerprint density at radius 1 is 0.492 bits per heavy atom. The van der Waals surface area contributed by atoms with Crippen LogP contribution in [0.25, 0.3) is 84.2 Å². The number of para-hydroxylation sites is 2. The number of aromatic nitrogens is 3. The molecule has 61 heavy (non-hydrogen) atoms. The van der Waals surface area contributed by atoms with Gasteiger partial charge in [-0.2, -0.15) is 0 Å². The van der Waals surface area contributed by atoms with Gasteiger partial charge in [-0.05, 0) is 86.6 Å². The van der Waals surface area contributed by atoms with Crippen molar-refractivity contribution in [1.29, 1.82) is 0 Å².